The number of ether oxygens (including phenoxy) is 1. The van der Waals surface area contributed by atoms with Gasteiger partial charge in [0.15, 0.2) is 5.82 Å². The van der Waals surface area contributed by atoms with E-state index < -0.39 is 0 Å². The van der Waals surface area contributed by atoms with Crippen LogP contribution in [0.4, 0.5) is 0 Å². The van der Waals surface area contributed by atoms with Crippen LogP contribution in [0.5, 0.6) is 5.75 Å². The molecule has 1 heterocycles. The predicted octanol–water partition coefficient (Wildman–Crippen LogP) is 2.61. The fraction of sp³-hybridized carbons (Fsp3) is 0.263. The number of benzene rings is 2. The maximum atomic E-state index is 12.5. The number of aromatic nitrogens is 4. The molecule has 0 atom stereocenters. The van der Waals surface area contributed by atoms with Crippen molar-refractivity contribution in [3.8, 4) is 11.4 Å². The standard InChI is InChI=1S/C19H21N5O2/c1-4-26-17-8-6-5-7-16(17)19(25)20-12-18-21-22-23-24(18)15-10-9-13(2)14(3)11-15/h5-11H,4,12H2,1-3H3,(H,20,25). The van der Waals surface area contributed by atoms with Crippen molar-refractivity contribution in [1.29, 1.82) is 0 Å². The van der Waals surface area contributed by atoms with Crippen molar-refractivity contribution >= 4 is 5.91 Å². The highest BCUT2D eigenvalue weighted by molar-refractivity contribution is 5.96. The number of para-hydroxylation sites is 1. The number of carbonyl (C=O) groups is 1. The van der Waals surface area contributed by atoms with E-state index in [1.807, 2.05) is 38.1 Å². The van der Waals surface area contributed by atoms with E-state index in [0.717, 1.165) is 11.3 Å². The third kappa shape index (κ3) is 3.72. The highest BCUT2D eigenvalue weighted by Gasteiger charge is 2.14. The van der Waals surface area contributed by atoms with Crippen molar-refractivity contribution in [2.45, 2.75) is 27.3 Å². The van der Waals surface area contributed by atoms with E-state index in [1.54, 1.807) is 22.9 Å². The molecule has 2 aromatic carbocycles. The minimum absolute atomic E-state index is 0.208. The van der Waals surface area contributed by atoms with Gasteiger partial charge in [-0.15, -0.1) is 5.10 Å². The quantitative estimate of drug-likeness (QED) is 0.738. The second kappa shape index (κ2) is 7.77. The largest absolute Gasteiger partial charge is 0.493 e. The Hall–Kier alpha value is -3.22. The summed E-state index contributed by atoms with van der Waals surface area (Å²) >= 11 is 0. The Morgan fingerprint density at radius 2 is 1.96 bits per heavy atom. The van der Waals surface area contributed by atoms with E-state index in [1.165, 1.54) is 5.56 Å². The molecule has 3 rings (SSSR count). The SMILES string of the molecule is CCOc1ccccc1C(=O)NCc1nnnn1-c1ccc(C)c(C)c1. The van der Waals surface area contributed by atoms with Crippen LogP contribution in [-0.4, -0.2) is 32.7 Å². The third-order valence-corrected chi connectivity index (χ3v) is 4.11. The van der Waals surface area contributed by atoms with E-state index in [9.17, 15) is 4.79 Å². The van der Waals surface area contributed by atoms with Crippen LogP contribution in [0.2, 0.25) is 0 Å². The fourth-order valence-electron chi connectivity index (χ4n) is 2.56. The van der Waals surface area contributed by atoms with Gasteiger partial charge in [-0.3, -0.25) is 4.79 Å². The summed E-state index contributed by atoms with van der Waals surface area (Å²) < 4.78 is 7.13. The van der Waals surface area contributed by atoms with Gasteiger partial charge in [-0.1, -0.05) is 18.2 Å². The van der Waals surface area contributed by atoms with Gasteiger partial charge in [-0.05, 0) is 66.6 Å². The van der Waals surface area contributed by atoms with E-state index in [-0.39, 0.29) is 12.5 Å². The minimum Gasteiger partial charge on any atom is -0.493 e. The summed E-state index contributed by atoms with van der Waals surface area (Å²) in [5.41, 5.74) is 3.69. The van der Waals surface area contributed by atoms with Crippen molar-refractivity contribution in [3.05, 3.63) is 65.0 Å². The number of aryl methyl sites for hydroxylation is 2. The molecule has 3 aromatic rings. The average molecular weight is 351 g/mol. The van der Waals surface area contributed by atoms with Crippen LogP contribution < -0.4 is 10.1 Å². The molecule has 0 unspecified atom stereocenters. The Morgan fingerprint density at radius 3 is 2.73 bits per heavy atom. The lowest BCUT2D eigenvalue weighted by Gasteiger charge is -2.11. The first-order valence-corrected chi connectivity index (χ1v) is 8.45. The molecule has 26 heavy (non-hydrogen) atoms. The van der Waals surface area contributed by atoms with E-state index in [0.29, 0.717) is 23.7 Å². The van der Waals surface area contributed by atoms with Crippen molar-refractivity contribution in [2.24, 2.45) is 0 Å². The van der Waals surface area contributed by atoms with Gasteiger partial charge in [0.25, 0.3) is 5.91 Å². The molecule has 0 saturated heterocycles. The summed E-state index contributed by atoms with van der Waals surface area (Å²) in [6, 6.07) is 13.1. The zero-order valence-corrected chi connectivity index (χ0v) is 15.1. The normalized spacial score (nSPS) is 10.6. The lowest BCUT2D eigenvalue weighted by Crippen LogP contribution is -2.25. The number of amides is 1. The Morgan fingerprint density at radius 1 is 1.15 bits per heavy atom. The van der Waals surface area contributed by atoms with E-state index in [2.05, 4.69) is 27.8 Å². The minimum atomic E-state index is -0.233. The summed E-state index contributed by atoms with van der Waals surface area (Å²) in [6.07, 6.45) is 0. The van der Waals surface area contributed by atoms with Gasteiger partial charge in [0, 0.05) is 0 Å². The molecule has 7 heteroatoms. The first kappa shape index (κ1) is 17.6. The molecule has 134 valence electrons. The van der Waals surface area contributed by atoms with Crippen LogP contribution in [0.25, 0.3) is 5.69 Å². The fourth-order valence-corrected chi connectivity index (χ4v) is 2.56. The average Bonchev–Trinajstić information content (AvgIpc) is 3.11. The van der Waals surface area contributed by atoms with Crippen LogP contribution in [0.3, 0.4) is 0 Å². The number of nitrogens with one attached hydrogen (secondary N) is 1. The second-order valence-corrected chi connectivity index (χ2v) is 5.89. The Kier molecular flexibility index (Phi) is 5.26. The Labute approximate surface area is 152 Å². The number of rotatable bonds is 6. The zero-order valence-electron chi connectivity index (χ0n) is 15.1. The first-order valence-electron chi connectivity index (χ1n) is 8.45. The van der Waals surface area contributed by atoms with Crippen LogP contribution >= 0.6 is 0 Å². The van der Waals surface area contributed by atoms with Crippen molar-refractivity contribution in [2.75, 3.05) is 6.61 Å². The smallest absolute Gasteiger partial charge is 0.255 e. The lowest BCUT2D eigenvalue weighted by molar-refractivity contribution is 0.0946. The topological polar surface area (TPSA) is 81.9 Å². The van der Waals surface area contributed by atoms with Crippen LogP contribution in [0.15, 0.2) is 42.5 Å². The zero-order chi connectivity index (χ0) is 18.5. The summed E-state index contributed by atoms with van der Waals surface area (Å²) in [7, 11) is 0. The summed E-state index contributed by atoms with van der Waals surface area (Å²) in [5, 5.41) is 14.6. The third-order valence-electron chi connectivity index (χ3n) is 4.11. The molecule has 1 N–H and O–H groups in total. The Bertz CT molecular complexity index is 920. The molecule has 7 nitrogen and oxygen atoms in total. The highest BCUT2D eigenvalue weighted by Crippen LogP contribution is 2.18. The van der Waals surface area contributed by atoms with Gasteiger partial charge in [0.2, 0.25) is 0 Å². The summed E-state index contributed by atoms with van der Waals surface area (Å²) in [5.74, 6) is 0.875. The van der Waals surface area contributed by atoms with E-state index >= 15 is 0 Å². The molecule has 0 bridgehead atoms. The van der Waals surface area contributed by atoms with Gasteiger partial charge in [0.1, 0.15) is 5.75 Å². The van der Waals surface area contributed by atoms with Gasteiger partial charge in [-0.2, -0.15) is 4.68 Å². The van der Waals surface area contributed by atoms with Gasteiger partial charge < -0.3 is 10.1 Å². The molecule has 1 aromatic heterocycles. The number of carbonyl (C=O) groups excluding carboxylic acids is 1. The highest BCUT2D eigenvalue weighted by atomic mass is 16.5. The van der Waals surface area contributed by atoms with Gasteiger partial charge >= 0.3 is 0 Å². The van der Waals surface area contributed by atoms with Crippen LogP contribution in [-0.2, 0) is 6.54 Å². The maximum Gasteiger partial charge on any atom is 0.255 e. The molecule has 0 fully saturated rings. The molecule has 0 aliphatic carbocycles. The Balaban J connectivity index is 1.76. The number of hydrogen-bond acceptors (Lipinski definition) is 5. The predicted molar refractivity (Wildman–Crippen MR) is 97.4 cm³/mol. The molecule has 0 aliphatic heterocycles. The monoisotopic (exact) mass is 351 g/mol. The molecule has 0 radical (unpaired) electrons. The molecular weight excluding hydrogens is 330 g/mol. The van der Waals surface area contributed by atoms with Crippen LogP contribution in [0, 0.1) is 13.8 Å². The number of nitrogens with zero attached hydrogens (tertiary/aromatic N) is 4. The van der Waals surface area contributed by atoms with Gasteiger partial charge in [-0.25, -0.2) is 0 Å². The van der Waals surface area contributed by atoms with Crippen molar-refractivity contribution < 1.29 is 9.53 Å². The van der Waals surface area contributed by atoms with Crippen molar-refractivity contribution in [3.63, 3.8) is 0 Å². The van der Waals surface area contributed by atoms with E-state index in [4.69, 9.17) is 4.74 Å². The number of tetrazole rings is 1. The van der Waals surface area contributed by atoms with Crippen molar-refractivity contribution in [1.82, 2.24) is 25.5 Å². The first-order chi connectivity index (χ1) is 12.6. The molecule has 0 aliphatic rings. The molecule has 1 amide bonds. The van der Waals surface area contributed by atoms with Gasteiger partial charge in [0.05, 0.1) is 24.4 Å². The molecule has 0 saturated carbocycles. The molecular formula is C19H21N5O2. The maximum absolute atomic E-state index is 12.5. The summed E-state index contributed by atoms with van der Waals surface area (Å²) in [4.78, 5) is 12.5. The summed E-state index contributed by atoms with van der Waals surface area (Å²) in [6.45, 7) is 6.67. The number of hydrogen-bond donors (Lipinski definition) is 1. The second-order valence-electron chi connectivity index (χ2n) is 5.89. The van der Waals surface area contributed by atoms with Crippen LogP contribution in [0.1, 0.15) is 34.2 Å². The lowest BCUT2D eigenvalue weighted by atomic mass is 10.1. The molecule has 0 spiro atoms.